The van der Waals surface area contributed by atoms with Gasteiger partial charge in [-0.3, -0.25) is 28.8 Å². The predicted octanol–water partition coefficient (Wildman–Crippen LogP) is 0.459. The second-order valence-corrected chi connectivity index (χ2v) is 32.5. The van der Waals surface area contributed by atoms with Crippen molar-refractivity contribution in [3.8, 4) is 0 Å². The first-order valence-electron chi connectivity index (χ1n) is 36.0. The van der Waals surface area contributed by atoms with Crippen LogP contribution in [0.3, 0.4) is 0 Å². The highest BCUT2D eigenvalue weighted by Crippen LogP contribution is 2.76. The standard InChI is InChI=1S/C71H112O31/c1-30(73)21-45(78)91-31(2)22-46(79)92-32(3)23-47(80)93-33(4)24-48(81)98-55-35(6)96-64(59(52(55)85)101-63-58(97-37(8)74)53(86)56(36(7)95-63)99-61-54(87)57(41(76)28-90-61)100-62-51(84)50(83)49(82)34(5)94-62)102-65(89)71-20-19-66(9,10)25-39(71)38-15-16-43-67(11)26-40(75)60(88)68(12,29-72)42(67)17-18-69(43,13)70(38,14)27-44(71)77/h15,30-36,39-44,49-64,72-73,75-77,82-88H,16-29H2,1-14H3/t30-,31-,32-,33-,34-,35+,36-,39-,40-,41+,42+,43+,44+,49-,50+,51+,52-,53+,54+,55-,56-,57-,58+,59+,60-,61-,62-,63-,64-,67-,68-,69+,70+,71+/m0/s1. The average Bonchev–Trinajstić information content (AvgIpc) is 0.670. The molecule has 31 heteroatoms. The Morgan fingerprint density at radius 2 is 1.09 bits per heavy atom. The molecule has 9 rings (SSSR count). The summed E-state index contributed by atoms with van der Waals surface area (Å²) in [6.45, 7) is 22.5. The molecule has 4 saturated heterocycles. The van der Waals surface area contributed by atoms with E-state index in [-0.39, 0.29) is 49.5 Å². The Kier molecular flexibility index (Phi) is 25.3. The largest absolute Gasteiger partial charge is 0.462 e. The van der Waals surface area contributed by atoms with Gasteiger partial charge >= 0.3 is 35.8 Å². The van der Waals surface area contributed by atoms with Crippen LogP contribution in [-0.2, 0) is 90.3 Å². The van der Waals surface area contributed by atoms with Crippen molar-refractivity contribution in [1.82, 2.24) is 0 Å². The van der Waals surface area contributed by atoms with E-state index in [1.165, 1.54) is 48.5 Å². The fourth-order valence-corrected chi connectivity index (χ4v) is 18.8. The van der Waals surface area contributed by atoms with Crippen LogP contribution in [0.5, 0.6) is 0 Å². The third kappa shape index (κ3) is 16.0. The van der Waals surface area contributed by atoms with Crippen molar-refractivity contribution in [1.29, 1.82) is 0 Å². The van der Waals surface area contributed by atoms with Crippen molar-refractivity contribution in [3.63, 3.8) is 0 Å². The molecular weight excluding hydrogens is 1350 g/mol. The van der Waals surface area contributed by atoms with Crippen molar-refractivity contribution >= 4 is 35.8 Å². The summed E-state index contributed by atoms with van der Waals surface area (Å²) in [5, 5.41) is 135. The fourth-order valence-electron chi connectivity index (χ4n) is 18.8. The van der Waals surface area contributed by atoms with Gasteiger partial charge in [-0.2, -0.15) is 0 Å². The van der Waals surface area contributed by atoms with E-state index < -0.39 is 248 Å². The van der Waals surface area contributed by atoms with Crippen LogP contribution in [0.1, 0.15) is 174 Å². The summed E-state index contributed by atoms with van der Waals surface area (Å²) in [5.74, 6) is -6.27. The number of hydrogen-bond acceptors (Lipinski definition) is 31. The summed E-state index contributed by atoms with van der Waals surface area (Å²) in [6, 6.07) is 0. The van der Waals surface area contributed by atoms with Gasteiger partial charge in [0.05, 0.1) is 81.6 Å². The molecule has 9 aliphatic rings. The average molecular weight is 1460 g/mol. The van der Waals surface area contributed by atoms with Crippen LogP contribution in [0.15, 0.2) is 11.6 Å². The molecule has 8 fully saturated rings. The Bertz CT molecular complexity index is 3000. The molecule has 0 aromatic carbocycles. The molecule has 0 unspecified atom stereocenters. The molecule has 0 bridgehead atoms. The molecule has 0 aromatic rings. The second-order valence-electron chi connectivity index (χ2n) is 32.5. The minimum atomic E-state index is -2.05. The van der Waals surface area contributed by atoms with Crippen LogP contribution >= 0.6 is 0 Å². The highest BCUT2D eigenvalue weighted by molar-refractivity contribution is 5.80. The maximum absolute atomic E-state index is 16.0. The maximum Gasteiger partial charge on any atom is 0.317 e. The monoisotopic (exact) mass is 1460 g/mol. The summed E-state index contributed by atoms with van der Waals surface area (Å²) in [7, 11) is 0. The molecule has 34 atom stereocenters. The first-order chi connectivity index (χ1) is 47.5. The summed E-state index contributed by atoms with van der Waals surface area (Å²) in [4.78, 5) is 80.8. The predicted molar refractivity (Wildman–Crippen MR) is 347 cm³/mol. The van der Waals surface area contributed by atoms with Crippen LogP contribution < -0.4 is 0 Å². The number of rotatable bonds is 22. The van der Waals surface area contributed by atoms with Crippen molar-refractivity contribution in [2.45, 2.75) is 333 Å². The number of hydrogen-bond donors (Lipinski definition) is 12. The number of carbonyl (C=O) groups is 6. The van der Waals surface area contributed by atoms with Gasteiger partial charge in [-0.25, -0.2) is 0 Å². The first kappa shape index (κ1) is 81.9. The van der Waals surface area contributed by atoms with Gasteiger partial charge in [0.25, 0.3) is 0 Å². The SMILES string of the molecule is CC(=O)O[C@H]1[C@H](O[C@H]2[C@H](OC(=O)[C@]34CCC(C)(C)C[C@H]3C3=CC[C@@H]5[C@@]6(C)C[C@H](O)[C@H](O)[C@@](C)(CO)[C@@H]6CC[C@@]5(C)[C@]3(C)C[C@H]4O)O[C@H](C)[C@H](OC(=O)C[C@H](C)OC(=O)C[C@H](C)OC(=O)C[C@H](C)OC(=O)C[C@H](C)O)[C@@H]2O)O[C@@H](C)[C@H](O[C@@H]2OC[C@@H](O)[C@H](O[C@@H]3O[C@@H](C)[C@H](O)[C@@H](O)[C@H]3O)[C@H]2O)[C@H]1O. The van der Waals surface area contributed by atoms with Crippen LogP contribution in [0, 0.1) is 50.2 Å². The smallest absolute Gasteiger partial charge is 0.317 e. The maximum atomic E-state index is 16.0. The summed E-state index contributed by atoms with van der Waals surface area (Å²) in [6.07, 6.45) is -36.6. The molecule has 0 radical (unpaired) electrons. The number of aliphatic hydroxyl groups is 12. The molecule has 4 heterocycles. The number of aliphatic hydroxyl groups excluding tert-OH is 12. The zero-order valence-corrected chi connectivity index (χ0v) is 60.8. The molecule has 102 heavy (non-hydrogen) atoms. The van der Waals surface area contributed by atoms with E-state index in [0.29, 0.717) is 38.5 Å². The van der Waals surface area contributed by atoms with Gasteiger partial charge in [0, 0.05) is 12.3 Å². The van der Waals surface area contributed by atoms with Crippen LogP contribution in [-0.4, -0.2) is 270 Å². The summed E-state index contributed by atoms with van der Waals surface area (Å²) in [5.41, 5.74) is -3.91. The van der Waals surface area contributed by atoms with E-state index in [0.717, 1.165) is 12.5 Å². The fraction of sp³-hybridized carbons (Fsp3) is 0.887. The van der Waals surface area contributed by atoms with Gasteiger partial charge in [0.2, 0.25) is 6.29 Å². The summed E-state index contributed by atoms with van der Waals surface area (Å²) >= 11 is 0. The lowest BCUT2D eigenvalue weighted by atomic mass is 9.33. The molecule has 4 aliphatic heterocycles. The number of allylic oxidation sites excluding steroid dienone is 2. The molecule has 0 spiro atoms. The lowest BCUT2D eigenvalue weighted by Gasteiger charge is -2.72. The normalized spacial score (nSPS) is 45.9. The Balaban J connectivity index is 0.970. The van der Waals surface area contributed by atoms with Crippen molar-refractivity contribution in [2.75, 3.05) is 13.2 Å². The van der Waals surface area contributed by atoms with Gasteiger partial charge in [0.15, 0.2) is 37.2 Å². The van der Waals surface area contributed by atoms with Gasteiger partial charge in [-0.15, -0.1) is 0 Å². The van der Waals surface area contributed by atoms with E-state index >= 15 is 4.79 Å². The molecular formula is C71H112O31. The van der Waals surface area contributed by atoms with E-state index in [4.69, 9.17) is 61.6 Å². The third-order valence-electron chi connectivity index (χ3n) is 24.4. The molecule has 582 valence electrons. The number of carbonyl (C=O) groups excluding carboxylic acids is 6. The van der Waals surface area contributed by atoms with Crippen LogP contribution in [0.4, 0.5) is 0 Å². The second kappa shape index (κ2) is 31.6. The quantitative estimate of drug-likeness (QED) is 0.0398. The first-order valence-corrected chi connectivity index (χ1v) is 36.0. The lowest BCUT2D eigenvalue weighted by molar-refractivity contribution is -0.380. The third-order valence-corrected chi connectivity index (χ3v) is 24.4. The molecule has 4 saturated carbocycles. The van der Waals surface area contributed by atoms with Crippen molar-refractivity contribution < 1.29 is 152 Å². The molecule has 31 nitrogen and oxygen atoms in total. The topological polar surface area (TPSA) is 465 Å². The van der Waals surface area contributed by atoms with E-state index in [9.17, 15) is 85.3 Å². The van der Waals surface area contributed by atoms with Gasteiger partial charge < -0.3 is 123 Å². The highest BCUT2D eigenvalue weighted by atomic mass is 16.8. The minimum Gasteiger partial charge on any atom is -0.462 e. The Morgan fingerprint density at radius 1 is 0.539 bits per heavy atom. The highest BCUT2D eigenvalue weighted by Gasteiger charge is 2.73. The van der Waals surface area contributed by atoms with Crippen LogP contribution in [0.2, 0.25) is 0 Å². The minimum absolute atomic E-state index is 0.0903. The lowest BCUT2D eigenvalue weighted by Crippen LogP contribution is -2.70. The number of esters is 6. The molecule has 5 aliphatic carbocycles. The summed E-state index contributed by atoms with van der Waals surface area (Å²) < 4.78 is 76.4. The van der Waals surface area contributed by atoms with Crippen molar-refractivity contribution in [2.24, 2.45) is 50.2 Å². The molecule has 0 aromatic heterocycles. The zero-order chi connectivity index (χ0) is 75.6. The molecule has 12 N–H and O–H groups in total. The van der Waals surface area contributed by atoms with E-state index in [2.05, 4.69) is 40.7 Å². The number of ether oxygens (including phenoxy) is 13. The van der Waals surface area contributed by atoms with E-state index in [1.807, 2.05) is 6.92 Å². The Morgan fingerprint density at radius 3 is 1.69 bits per heavy atom. The van der Waals surface area contributed by atoms with E-state index in [1.54, 1.807) is 0 Å². The Hall–Kier alpha value is -4.20. The zero-order valence-electron chi connectivity index (χ0n) is 60.8. The van der Waals surface area contributed by atoms with Crippen LogP contribution in [0.25, 0.3) is 0 Å². The van der Waals surface area contributed by atoms with Gasteiger partial charge in [-0.05, 0) is 139 Å². The van der Waals surface area contributed by atoms with Gasteiger partial charge in [-0.1, -0.05) is 53.2 Å². The Labute approximate surface area is 594 Å². The van der Waals surface area contributed by atoms with Gasteiger partial charge in [0.1, 0.15) is 78.7 Å². The van der Waals surface area contributed by atoms with Crippen molar-refractivity contribution in [3.05, 3.63) is 11.6 Å². The number of fused-ring (bicyclic) bond motifs is 7. The molecule has 0 amide bonds.